The standard InChI is InChI=1S/C23H32N4O4/c1-3-12-27(20(28)17-26-16-15-24(4-2)22(30)23(26)31)19-10-13-25(14-11-19)21(29)18-8-6-5-7-9-18/h5-9,19H,3-4,10-17H2,1-2H3. The zero-order valence-corrected chi connectivity index (χ0v) is 18.5. The topological polar surface area (TPSA) is 81.2 Å². The van der Waals surface area contributed by atoms with E-state index in [1.165, 1.54) is 9.80 Å². The minimum absolute atomic E-state index is 0.0188. The van der Waals surface area contributed by atoms with Gasteiger partial charge in [0.05, 0.1) is 0 Å². The van der Waals surface area contributed by atoms with Gasteiger partial charge in [-0.3, -0.25) is 19.2 Å². The van der Waals surface area contributed by atoms with Gasteiger partial charge in [0.2, 0.25) is 5.91 Å². The number of nitrogens with zero attached hydrogens (tertiary/aromatic N) is 4. The van der Waals surface area contributed by atoms with Crippen molar-refractivity contribution in [2.45, 2.75) is 39.2 Å². The molecule has 2 saturated heterocycles. The molecule has 1 aromatic rings. The van der Waals surface area contributed by atoms with E-state index in [1.807, 2.05) is 54.0 Å². The van der Waals surface area contributed by atoms with E-state index < -0.39 is 11.8 Å². The molecule has 8 heteroatoms. The molecule has 31 heavy (non-hydrogen) atoms. The maximum atomic E-state index is 13.1. The van der Waals surface area contributed by atoms with Gasteiger partial charge in [-0.25, -0.2) is 0 Å². The zero-order valence-electron chi connectivity index (χ0n) is 18.5. The van der Waals surface area contributed by atoms with E-state index >= 15 is 0 Å². The van der Waals surface area contributed by atoms with Crippen molar-refractivity contribution in [3.8, 4) is 0 Å². The van der Waals surface area contributed by atoms with Crippen LogP contribution in [0.1, 0.15) is 43.5 Å². The Hall–Kier alpha value is -2.90. The first-order valence-corrected chi connectivity index (χ1v) is 11.2. The highest BCUT2D eigenvalue weighted by atomic mass is 16.2. The van der Waals surface area contributed by atoms with Crippen molar-refractivity contribution < 1.29 is 19.2 Å². The summed E-state index contributed by atoms with van der Waals surface area (Å²) in [5.74, 6) is -1.23. The van der Waals surface area contributed by atoms with E-state index in [4.69, 9.17) is 0 Å². The molecule has 0 aromatic heterocycles. The average molecular weight is 429 g/mol. The predicted molar refractivity (Wildman–Crippen MR) is 116 cm³/mol. The van der Waals surface area contributed by atoms with E-state index in [9.17, 15) is 19.2 Å². The molecule has 0 bridgehead atoms. The first-order chi connectivity index (χ1) is 15.0. The molecule has 3 rings (SSSR count). The van der Waals surface area contributed by atoms with Crippen LogP contribution >= 0.6 is 0 Å². The summed E-state index contributed by atoms with van der Waals surface area (Å²) in [4.78, 5) is 56.8. The lowest BCUT2D eigenvalue weighted by Gasteiger charge is -2.40. The molecule has 1 aromatic carbocycles. The Morgan fingerprint density at radius 1 is 0.935 bits per heavy atom. The predicted octanol–water partition coefficient (Wildman–Crippen LogP) is 1.22. The number of benzene rings is 1. The number of hydrogen-bond acceptors (Lipinski definition) is 4. The minimum atomic E-state index is -0.596. The highest BCUT2D eigenvalue weighted by molar-refractivity contribution is 6.35. The SMILES string of the molecule is CCCN(C(=O)CN1CCN(CC)C(=O)C1=O)C1CCN(C(=O)c2ccccc2)CC1. The van der Waals surface area contributed by atoms with E-state index in [2.05, 4.69) is 0 Å². The van der Waals surface area contributed by atoms with Gasteiger partial charge in [0, 0.05) is 50.9 Å². The normalized spacial score (nSPS) is 17.8. The third-order valence-electron chi connectivity index (χ3n) is 6.10. The van der Waals surface area contributed by atoms with Crippen molar-refractivity contribution in [2.24, 2.45) is 0 Å². The molecular weight excluding hydrogens is 396 g/mol. The Balaban J connectivity index is 1.58. The Kier molecular flexibility index (Phi) is 7.65. The fraction of sp³-hybridized carbons (Fsp3) is 0.565. The van der Waals surface area contributed by atoms with Crippen LogP contribution < -0.4 is 0 Å². The Morgan fingerprint density at radius 3 is 2.16 bits per heavy atom. The van der Waals surface area contributed by atoms with Crippen LogP contribution in [0.5, 0.6) is 0 Å². The highest BCUT2D eigenvalue weighted by Gasteiger charge is 2.35. The van der Waals surface area contributed by atoms with Crippen LogP contribution in [0.15, 0.2) is 30.3 Å². The second-order valence-electron chi connectivity index (χ2n) is 8.09. The number of hydrogen-bond donors (Lipinski definition) is 0. The van der Waals surface area contributed by atoms with Gasteiger partial charge in [0.25, 0.3) is 5.91 Å². The fourth-order valence-electron chi connectivity index (χ4n) is 4.32. The summed E-state index contributed by atoms with van der Waals surface area (Å²) in [6.45, 7) is 6.92. The fourth-order valence-corrected chi connectivity index (χ4v) is 4.32. The van der Waals surface area contributed by atoms with Crippen molar-refractivity contribution in [2.75, 3.05) is 45.8 Å². The van der Waals surface area contributed by atoms with Gasteiger partial charge < -0.3 is 19.6 Å². The highest BCUT2D eigenvalue weighted by Crippen LogP contribution is 2.20. The first kappa shape index (κ1) is 22.8. The van der Waals surface area contributed by atoms with Crippen molar-refractivity contribution in [3.63, 3.8) is 0 Å². The van der Waals surface area contributed by atoms with Crippen LogP contribution in [0, 0.1) is 0 Å². The second-order valence-corrected chi connectivity index (χ2v) is 8.09. The molecule has 4 amide bonds. The van der Waals surface area contributed by atoms with Crippen LogP contribution in [0.25, 0.3) is 0 Å². The Labute approximate surface area is 183 Å². The van der Waals surface area contributed by atoms with Gasteiger partial charge >= 0.3 is 11.8 Å². The van der Waals surface area contributed by atoms with Crippen LogP contribution in [-0.2, 0) is 14.4 Å². The lowest BCUT2D eigenvalue weighted by atomic mass is 10.0. The average Bonchev–Trinajstić information content (AvgIpc) is 2.81. The van der Waals surface area contributed by atoms with Gasteiger partial charge in [-0.05, 0) is 38.3 Å². The van der Waals surface area contributed by atoms with E-state index in [0.717, 1.165) is 6.42 Å². The summed E-state index contributed by atoms with van der Waals surface area (Å²) in [6.07, 6.45) is 2.23. The molecule has 0 unspecified atom stereocenters. The summed E-state index contributed by atoms with van der Waals surface area (Å²) in [6, 6.07) is 9.27. The monoisotopic (exact) mass is 428 g/mol. The Morgan fingerprint density at radius 2 is 1.55 bits per heavy atom. The molecule has 0 N–H and O–H groups in total. The molecule has 2 aliphatic heterocycles. The number of carbonyl (C=O) groups excluding carboxylic acids is 4. The van der Waals surface area contributed by atoms with Gasteiger partial charge in [-0.1, -0.05) is 25.1 Å². The van der Waals surface area contributed by atoms with Crippen molar-refractivity contribution in [3.05, 3.63) is 35.9 Å². The van der Waals surface area contributed by atoms with Crippen molar-refractivity contribution in [1.82, 2.24) is 19.6 Å². The molecule has 0 spiro atoms. The summed E-state index contributed by atoms with van der Waals surface area (Å²) in [5, 5.41) is 0. The lowest BCUT2D eigenvalue weighted by Crippen LogP contribution is -2.57. The van der Waals surface area contributed by atoms with Crippen LogP contribution in [0.2, 0.25) is 0 Å². The second kappa shape index (κ2) is 10.4. The van der Waals surface area contributed by atoms with E-state index in [1.54, 1.807) is 0 Å². The van der Waals surface area contributed by atoms with Gasteiger partial charge in [0.1, 0.15) is 6.54 Å². The molecule has 168 valence electrons. The molecule has 0 aliphatic carbocycles. The molecular formula is C23H32N4O4. The summed E-state index contributed by atoms with van der Waals surface area (Å²) in [5.41, 5.74) is 0.678. The molecule has 0 atom stereocenters. The quantitative estimate of drug-likeness (QED) is 0.612. The van der Waals surface area contributed by atoms with Crippen molar-refractivity contribution in [1.29, 1.82) is 0 Å². The third kappa shape index (κ3) is 5.24. The van der Waals surface area contributed by atoms with Crippen LogP contribution in [0.4, 0.5) is 0 Å². The number of carbonyl (C=O) groups is 4. The molecule has 0 radical (unpaired) electrons. The molecule has 8 nitrogen and oxygen atoms in total. The van der Waals surface area contributed by atoms with Crippen molar-refractivity contribution >= 4 is 23.6 Å². The number of likely N-dealkylation sites (tertiary alicyclic amines) is 1. The molecule has 2 aliphatic rings. The lowest BCUT2D eigenvalue weighted by molar-refractivity contribution is -0.157. The van der Waals surface area contributed by atoms with E-state index in [-0.39, 0.29) is 24.4 Å². The Bertz CT molecular complexity index is 805. The zero-order chi connectivity index (χ0) is 22.4. The molecule has 2 heterocycles. The maximum Gasteiger partial charge on any atom is 0.312 e. The van der Waals surface area contributed by atoms with Gasteiger partial charge in [-0.15, -0.1) is 0 Å². The third-order valence-corrected chi connectivity index (χ3v) is 6.10. The number of amides is 4. The number of piperidine rings is 1. The van der Waals surface area contributed by atoms with Gasteiger partial charge in [-0.2, -0.15) is 0 Å². The summed E-state index contributed by atoms with van der Waals surface area (Å²) >= 11 is 0. The maximum absolute atomic E-state index is 13.1. The molecule has 0 saturated carbocycles. The van der Waals surface area contributed by atoms with E-state index in [0.29, 0.717) is 57.7 Å². The van der Waals surface area contributed by atoms with Gasteiger partial charge in [0.15, 0.2) is 0 Å². The smallest absolute Gasteiger partial charge is 0.312 e. The minimum Gasteiger partial charge on any atom is -0.338 e. The summed E-state index contributed by atoms with van der Waals surface area (Å²) < 4.78 is 0. The van der Waals surface area contributed by atoms with Crippen LogP contribution in [0.3, 0.4) is 0 Å². The van der Waals surface area contributed by atoms with Crippen LogP contribution in [-0.4, -0.2) is 95.1 Å². The first-order valence-electron chi connectivity index (χ1n) is 11.2. The number of rotatable bonds is 7. The molecule has 2 fully saturated rings. The number of piperazine rings is 1. The number of likely N-dealkylation sites (N-methyl/N-ethyl adjacent to an activating group) is 1. The summed E-state index contributed by atoms with van der Waals surface area (Å²) in [7, 11) is 0. The largest absolute Gasteiger partial charge is 0.338 e.